The lowest BCUT2D eigenvalue weighted by atomic mass is 10.2. The van der Waals surface area contributed by atoms with E-state index in [0.717, 1.165) is 0 Å². The van der Waals surface area contributed by atoms with E-state index >= 15 is 0 Å². The standard InChI is InChI=1S/C4H8N4O2S/c5-2(4(9)10)1-3(11)7-8-6/h2-3,11H,1,5H2,(H,9,10)/t2-,3?/m0/s1. The predicted octanol–water partition coefficient (Wildman–Crippen LogP) is 0.355. The number of carboxylic acid groups (broad SMARTS) is 1. The minimum atomic E-state index is -1.13. The van der Waals surface area contributed by atoms with Crippen LogP contribution < -0.4 is 5.73 Å². The summed E-state index contributed by atoms with van der Waals surface area (Å²) < 4.78 is 0. The molecule has 0 rings (SSSR count). The molecule has 62 valence electrons. The van der Waals surface area contributed by atoms with Gasteiger partial charge in [0.05, 0.1) is 5.37 Å². The van der Waals surface area contributed by atoms with Crippen LogP contribution in [0.15, 0.2) is 5.11 Å². The molecule has 0 aliphatic rings. The molecule has 0 saturated carbocycles. The maximum atomic E-state index is 10.1. The van der Waals surface area contributed by atoms with Crippen LogP contribution in [0.4, 0.5) is 0 Å². The summed E-state index contributed by atoms with van der Waals surface area (Å²) in [6.07, 6.45) is 0.0303. The molecule has 3 N–H and O–H groups in total. The summed E-state index contributed by atoms with van der Waals surface area (Å²) in [6.45, 7) is 0. The highest BCUT2D eigenvalue weighted by Gasteiger charge is 2.14. The Labute approximate surface area is 68.4 Å². The lowest BCUT2D eigenvalue weighted by molar-refractivity contribution is -0.138. The van der Waals surface area contributed by atoms with Crippen molar-refractivity contribution in [3.05, 3.63) is 10.4 Å². The summed E-state index contributed by atoms with van der Waals surface area (Å²) >= 11 is 3.78. The van der Waals surface area contributed by atoms with E-state index < -0.39 is 17.4 Å². The van der Waals surface area contributed by atoms with Crippen molar-refractivity contribution in [1.82, 2.24) is 0 Å². The number of aliphatic carboxylic acids is 1. The SMILES string of the molecule is [N-]=[N+]=NC(S)C[C@H](N)C(=O)O. The normalized spacial score (nSPS) is 14.7. The summed E-state index contributed by atoms with van der Waals surface area (Å²) in [5, 5.41) is 10.8. The average Bonchev–Trinajstić information content (AvgIpc) is 1.87. The van der Waals surface area contributed by atoms with Gasteiger partial charge < -0.3 is 10.8 Å². The van der Waals surface area contributed by atoms with Crippen LogP contribution in [0.2, 0.25) is 0 Å². The lowest BCUT2D eigenvalue weighted by Crippen LogP contribution is -2.32. The lowest BCUT2D eigenvalue weighted by Gasteiger charge is -2.06. The summed E-state index contributed by atoms with van der Waals surface area (Å²) in [6, 6.07) is -1.03. The van der Waals surface area contributed by atoms with Crippen LogP contribution in [-0.4, -0.2) is 22.5 Å². The zero-order chi connectivity index (χ0) is 8.85. The molecular formula is C4H8N4O2S. The Balaban J connectivity index is 3.84. The topological polar surface area (TPSA) is 112 Å². The number of carbonyl (C=O) groups is 1. The van der Waals surface area contributed by atoms with Gasteiger partial charge in [-0.05, 0) is 12.0 Å². The number of nitrogens with zero attached hydrogens (tertiary/aromatic N) is 3. The first-order valence-electron chi connectivity index (χ1n) is 2.78. The Morgan fingerprint density at radius 3 is 2.82 bits per heavy atom. The van der Waals surface area contributed by atoms with Gasteiger partial charge in [0.25, 0.3) is 0 Å². The molecule has 11 heavy (non-hydrogen) atoms. The Morgan fingerprint density at radius 2 is 2.45 bits per heavy atom. The Morgan fingerprint density at radius 1 is 1.91 bits per heavy atom. The Bertz CT molecular complexity index is 185. The smallest absolute Gasteiger partial charge is 0.320 e. The largest absolute Gasteiger partial charge is 0.480 e. The van der Waals surface area contributed by atoms with E-state index in [2.05, 4.69) is 22.7 Å². The molecule has 0 radical (unpaired) electrons. The fourth-order valence-corrected chi connectivity index (χ4v) is 0.708. The summed E-state index contributed by atoms with van der Waals surface area (Å²) in [4.78, 5) is 12.6. The van der Waals surface area contributed by atoms with Crippen LogP contribution >= 0.6 is 12.6 Å². The zero-order valence-corrected chi connectivity index (χ0v) is 6.48. The first-order valence-corrected chi connectivity index (χ1v) is 3.30. The third-order valence-electron chi connectivity index (χ3n) is 0.967. The summed E-state index contributed by atoms with van der Waals surface area (Å²) in [5.41, 5.74) is 13.0. The zero-order valence-electron chi connectivity index (χ0n) is 5.58. The van der Waals surface area contributed by atoms with E-state index in [0.29, 0.717) is 0 Å². The van der Waals surface area contributed by atoms with E-state index in [1.807, 2.05) is 0 Å². The molecule has 7 heteroatoms. The highest BCUT2D eigenvalue weighted by atomic mass is 32.1. The highest BCUT2D eigenvalue weighted by molar-refractivity contribution is 7.80. The van der Waals surface area contributed by atoms with Crippen LogP contribution in [0.5, 0.6) is 0 Å². The second-order valence-corrected chi connectivity index (χ2v) is 2.46. The van der Waals surface area contributed by atoms with E-state index in [4.69, 9.17) is 16.4 Å². The number of carboxylic acids is 1. The Hall–Kier alpha value is -0.910. The van der Waals surface area contributed by atoms with Crippen LogP contribution in [0.1, 0.15) is 6.42 Å². The molecule has 0 aliphatic heterocycles. The van der Waals surface area contributed by atoms with Crippen LogP contribution in [0.25, 0.3) is 10.4 Å². The quantitative estimate of drug-likeness (QED) is 0.248. The molecule has 0 heterocycles. The van der Waals surface area contributed by atoms with Crippen LogP contribution in [0, 0.1) is 0 Å². The first kappa shape index (κ1) is 10.1. The van der Waals surface area contributed by atoms with Crippen molar-refractivity contribution >= 4 is 18.6 Å². The third-order valence-corrected chi connectivity index (χ3v) is 1.28. The molecule has 6 nitrogen and oxygen atoms in total. The van der Waals surface area contributed by atoms with Crippen molar-refractivity contribution in [3.63, 3.8) is 0 Å². The number of thiol groups is 1. The van der Waals surface area contributed by atoms with E-state index in [1.54, 1.807) is 0 Å². The maximum absolute atomic E-state index is 10.1. The van der Waals surface area contributed by atoms with Gasteiger partial charge in [-0.1, -0.05) is 5.11 Å². The molecule has 0 aromatic carbocycles. The van der Waals surface area contributed by atoms with Gasteiger partial charge in [-0.2, -0.15) is 12.6 Å². The molecule has 0 aliphatic carbocycles. The summed E-state index contributed by atoms with van der Waals surface area (Å²) in [5.74, 6) is -1.13. The predicted molar refractivity (Wildman–Crippen MR) is 42.1 cm³/mol. The van der Waals surface area contributed by atoms with Crippen LogP contribution in [0.3, 0.4) is 0 Å². The number of rotatable bonds is 4. The highest BCUT2D eigenvalue weighted by Crippen LogP contribution is 2.05. The molecule has 0 aromatic rings. The van der Waals surface area contributed by atoms with Crippen molar-refractivity contribution in [2.75, 3.05) is 0 Å². The second kappa shape index (κ2) is 4.84. The second-order valence-electron chi connectivity index (χ2n) is 1.87. The van der Waals surface area contributed by atoms with Crippen molar-refractivity contribution in [2.45, 2.75) is 17.8 Å². The Kier molecular flexibility index (Phi) is 4.44. The number of hydrogen-bond acceptors (Lipinski definition) is 4. The third kappa shape index (κ3) is 4.49. The molecule has 0 bridgehead atoms. The van der Waals surface area contributed by atoms with Crippen LogP contribution in [-0.2, 0) is 4.79 Å². The fourth-order valence-electron chi connectivity index (χ4n) is 0.435. The van der Waals surface area contributed by atoms with Gasteiger partial charge in [-0.15, -0.1) is 0 Å². The summed E-state index contributed by atoms with van der Waals surface area (Å²) in [7, 11) is 0. The van der Waals surface area contributed by atoms with Crippen molar-refractivity contribution < 1.29 is 9.90 Å². The van der Waals surface area contributed by atoms with Gasteiger partial charge in [-0.3, -0.25) is 4.79 Å². The van der Waals surface area contributed by atoms with Gasteiger partial charge in [-0.25, -0.2) is 0 Å². The molecule has 0 saturated heterocycles. The molecule has 0 fully saturated rings. The van der Waals surface area contributed by atoms with E-state index in [1.165, 1.54) is 0 Å². The molecule has 1 unspecified atom stereocenters. The number of nitrogens with two attached hydrogens (primary N) is 1. The monoisotopic (exact) mass is 176 g/mol. The fraction of sp³-hybridized carbons (Fsp3) is 0.750. The molecular weight excluding hydrogens is 168 g/mol. The minimum Gasteiger partial charge on any atom is -0.480 e. The number of hydrogen-bond donors (Lipinski definition) is 3. The van der Waals surface area contributed by atoms with E-state index in [-0.39, 0.29) is 6.42 Å². The van der Waals surface area contributed by atoms with E-state index in [9.17, 15) is 4.79 Å². The van der Waals surface area contributed by atoms with Gasteiger partial charge in [0.2, 0.25) is 0 Å². The maximum Gasteiger partial charge on any atom is 0.320 e. The minimum absolute atomic E-state index is 0.0303. The first-order chi connectivity index (χ1) is 5.07. The molecule has 2 atom stereocenters. The van der Waals surface area contributed by atoms with Crippen molar-refractivity contribution in [1.29, 1.82) is 0 Å². The molecule has 0 amide bonds. The molecule has 0 spiro atoms. The van der Waals surface area contributed by atoms with Gasteiger partial charge in [0, 0.05) is 4.91 Å². The average molecular weight is 176 g/mol. The van der Waals surface area contributed by atoms with Gasteiger partial charge in [0.1, 0.15) is 6.04 Å². The number of azide groups is 1. The van der Waals surface area contributed by atoms with Crippen molar-refractivity contribution in [2.24, 2.45) is 10.8 Å². The van der Waals surface area contributed by atoms with Gasteiger partial charge >= 0.3 is 5.97 Å². The molecule has 0 aromatic heterocycles. The van der Waals surface area contributed by atoms with Gasteiger partial charge in [0.15, 0.2) is 0 Å². The van der Waals surface area contributed by atoms with Crippen molar-refractivity contribution in [3.8, 4) is 0 Å².